The molecule has 0 fully saturated rings. The van der Waals surface area contributed by atoms with Crippen LogP contribution < -0.4 is 21.3 Å². The van der Waals surface area contributed by atoms with Crippen LogP contribution in [0, 0.1) is 0 Å². The first kappa shape index (κ1) is 29.4. The molecule has 0 unspecified atom stereocenters. The molecule has 0 spiro atoms. The van der Waals surface area contributed by atoms with Crippen LogP contribution in [-0.2, 0) is 17.2 Å². The maximum absolute atomic E-state index is 12.5. The van der Waals surface area contributed by atoms with Crippen molar-refractivity contribution in [2.75, 3.05) is 22.3 Å². The molecular formula is C27H24ClN9O2S3. The fraction of sp³-hybridized carbons (Fsp3) is 0.111. The molecule has 5 aromatic rings. The highest BCUT2D eigenvalue weighted by atomic mass is 35.5. The van der Waals surface area contributed by atoms with Crippen LogP contribution in [0.5, 0.6) is 5.75 Å². The highest BCUT2D eigenvalue weighted by molar-refractivity contribution is 8.00. The molecule has 0 saturated carbocycles. The van der Waals surface area contributed by atoms with Gasteiger partial charge in [-0.1, -0.05) is 101 Å². The van der Waals surface area contributed by atoms with E-state index in [-0.39, 0.29) is 17.6 Å². The van der Waals surface area contributed by atoms with Gasteiger partial charge >= 0.3 is 0 Å². The van der Waals surface area contributed by atoms with Gasteiger partial charge < -0.3 is 10.6 Å². The molecule has 0 aliphatic rings. The number of nitrogens with two attached hydrogens (primary N) is 1. The molecule has 2 aromatic heterocycles. The van der Waals surface area contributed by atoms with Crippen LogP contribution in [0.4, 0.5) is 11.1 Å². The number of thioether (sulfide) groups is 2. The van der Waals surface area contributed by atoms with E-state index in [4.69, 9.17) is 22.2 Å². The van der Waals surface area contributed by atoms with Gasteiger partial charge in [0, 0.05) is 16.3 Å². The number of nitrogens with zero attached hydrogens (tertiary/aromatic N) is 6. The second-order valence-electron chi connectivity index (χ2n) is 8.48. The Hall–Kier alpha value is -4.11. The van der Waals surface area contributed by atoms with Gasteiger partial charge in [-0.15, -0.1) is 20.4 Å². The van der Waals surface area contributed by atoms with Crippen LogP contribution in [0.3, 0.4) is 0 Å². The maximum Gasteiger partial charge on any atom is 0.264 e. The lowest BCUT2D eigenvalue weighted by Gasteiger charge is -2.09. The van der Waals surface area contributed by atoms with Gasteiger partial charge in [0.25, 0.3) is 5.95 Å². The van der Waals surface area contributed by atoms with Crippen LogP contribution >= 0.6 is 46.5 Å². The number of halogens is 1. The average Bonchev–Trinajstić information content (AvgIpc) is 3.61. The van der Waals surface area contributed by atoms with Crippen molar-refractivity contribution in [3.8, 4) is 5.75 Å². The van der Waals surface area contributed by atoms with E-state index in [1.54, 1.807) is 6.21 Å². The zero-order valence-electron chi connectivity index (χ0n) is 21.9. The summed E-state index contributed by atoms with van der Waals surface area (Å²) in [6.07, 6.45) is 1.61. The first-order valence-electron chi connectivity index (χ1n) is 12.4. The molecule has 0 radical (unpaired) electrons. The summed E-state index contributed by atoms with van der Waals surface area (Å²) >= 11 is 9.89. The molecule has 2 heterocycles. The van der Waals surface area contributed by atoms with Crippen LogP contribution in [-0.4, -0.2) is 42.9 Å². The third kappa shape index (κ3) is 8.45. The minimum Gasteiger partial charge on any atom is -0.488 e. The first-order valence-corrected chi connectivity index (χ1v) is 15.6. The van der Waals surface area contributed by atoms with Crippen molar-refractivity contribution in [2.24, 2.45) is 5.10 Å². The van der Waals surface area contributed by atoms with Crippen molar-refractivity contribution in [1.29, 1.82) is 0 Å². The molecule has 0 bridgehead atoms. The molecular weight excluding hydrogens is 614 g/mol. The van der Waals surface area contributed by atoms with Crippen molar-refractivity contribution < 1.29 is 9.53 Å². The van der Waals surface area contributed by atoms with E-state index in [1.807, 2.05) is 78.9 Å². The summed E-state index contributed by atoms with van der Waals surface area (Å²) in [6, 6.07) is 25.1. The summed E-state index contributed by atoms with van der Waals surface area (Å²) in [5.74, 6) is 7.50. The topological polar surface area (TPSA) is 145 Å². The van der Waals surface area contributed by atoms with Gasteiger partial charge in [-0.2, -0.15) is 5.10 Å². The van der Waals surface area contributed by atoms with Gasteiger partial charge in [0.1, 0.15) is 12.4 Å². The van der Waals surface area contributed by atoms with E-state index < -0.39 is 0 Å². The fourth-order valence-electron chi connectivity index (χ4n) is 3.39. The largest absolute Gasteiger partial charge is 0.488 e. The third-order valence-corrected chi connectivity index (χ3v) is 8.69. The Morgan fingerprint density at radius 2 is 1.76 bits per heavy atom. The second kappa shape index (κ2) is 14.7. The lowest BCUT2D eigenvalue weighted by molar-refractivity contribution is -0.113. The van der Waals surface area contributed by atoms with E-state index in [0.717, 1.165) is 38.5 Å². The molecule has 0 aliphatic carbocycles. The first-order chi connectivity index (χ1) is 20.5. The van der Waals surface area contributed by atoms with Crippen molar-refractivity contribution in [1.82, 2.24) is 25.1 Å². The second-order valence-corrected chi connectivity index (χ2v) is 12.1. The summed E-state index contributed by atoms with van der Waals surface area (Å²) in [6.45, 7) is 0.438. The Morgan fingerprint density at radius 3 is 2.60 bits per heavy atom. The highest BCUT2D eigenvalue weighted by Gasteiger charge is 2.14. The number of nitrogens with one attached hydrogen (secondary N) is 2. The van der Waals surface area contributed by atoms with E-state index in [1.165, 1.54) is 27.8 Å². The molecule has 5 rings (SSSR count). The number of ether oxygens (including phenoxy) is 1. The highest BCUT2D eigenvalue weighted by Crippen LogP contribution is 2.29. The molecule has 0 saturated heterocycles. The van der Waals surface area contributed by atoms with Crippen LogP contribution in [0.2, 0.25) is 5.02 Å². The fourth-order valence-corrected chi connectivity index (χ4v) is 5.90. The SMILES string of the molecule is Nn1c(N/N=C/c2ccccc2OCc2ccccc2)nnc1SCC(=O)Nc1nnc(SCc2ccc(Cl)cc2)s1. The minimum absolute atomic E-state index is 0.0531. The summed E-state index contributed by atoms with van der Waals surface area (Å²) < 4.78 is 7.93. The number of hydrazone groups is 1. The summed E-state index contributed by atoms with van der Waals surface area (Å²) in [7, 11) is 0. The molecule has 15 heteroatoms. The molecule has 0 atom stereocenters. The molecule has 214 valence electrons. The van der Waals surface area contributed by atoms with Gasteiger partial charge in [-0.25, -0.2) is 10.1 Å². The maximum atomic E-state index is 12.5. The molecule has 1 amide bonds. The van der Waals surface area contributed by atoms with Crippen molar-refractivity contribution >= 4 is 69.7 Å². The van der Waals surface area contributed by atoms with Gasteiger partial charge in [0.2, 0.25) is 16.2 Å². The summed E-state index contributed by atoms with van der Waals surface area (Å²) in [4.78, 5) is 12.5. The standard InChI is InChI=1S/C27H24ClN9O2S3/c28-21-12-10-19(11-13-21)16-41-27-36-34-25(42-27)31-23(38)17-40-26-35-33-24(37(26)29)32-30-14-20-8-4-5-9-22(20)39-15-18-6-2-1-3-7-18/h1-14H,15-17,29H2,(H,32,33)(H,31,34,38)/b30-14+. The van der Waals surface area contributed by atoms with Gasteiger partial charge in [-0.3, -0.25) is 10.1 Å². The van der Waals surface area contributed by atoms with E-state index in [0.29, 0.717) is 27.7 Å². The van der Waals surface area contributed by atoms with Crippen LogP contribution in [0.25, 0.3) is 0 Å². The molecule has 42 heavy (non-hydrogen) atoms. The summed E-state index contributed by atoms with van der Waals surface area (Å²) in [5, 5.41) is 24.6. The lowest BCUT2D eigenvalue weighted by Crippen LogP contribution is -2.16. The average molecular weight is 638 g/mol. The predicted molar refractivity (Wildman–Crippen MR) is 169 cm³/mol. The number of benzene rings is 3. The van der Waals surface area contributed by atoms with E-state index in [9.17, 15) is 4.79 Å². The molecule has 4 N–H and O–H groups in total. The van der Waals surface area contributed by atoms with Crippen molar-refractivity contribution in [3.05, 3.63) is 101 Å². The lowest BCUT2D eigenvalue weighted by atomic mass is 10.2. The Labute approximate surface area is 258 Å². The number of hydrogen-bond acceptors (Lipinski definition) is 12. The Balaban J connectivity index is 1.08. The third-order valence-electron chi connectivity index (χ3n) is 5.45. The minimum atomic E-state index is -0.270. The number of nitrogen functional groups attached to an aromatic ring is 1. The zero-order valence-corrected chi connectivity index (χ0v) is 25.1. The Kier molecular flexibility index (Phi) is 10.3. The van der Waals surface area contributed by atoms with Gasteiger partial charge in [-0.05, 0) is 35.4 Å². The normalized spacial score (nSPS) is 11.1. The number of hydrogen-bond donors (Lipinski definition) is 3. The van der Waals surface area contributed by atoms with Crippen LogP contribution in [0.15, 0.2) is 93.5 Å². The van der Waals surface area contributed by atoms with Crippen molar-refractivity contribution in [3.63, 3.8) is 0 Å². The monoisotopic (exact) mass is 637 g/mol. The predicted octanol–water partition coefficient (Wildman–Crippen LogP) is 5.54. The molecule has 3 aromatic carbocycles. The number of amides is 1. The molecule has 11 nitrogen and oxygen atoms in total. The van der Waals surface area contributed by atoms with Crippen molar-refractivity contribution in [2.45, 2.75) is 21.9 Å². The van der Waals surface area contributed by atoms with Gasteiger partial charge in [0.15, 0.2) is 4.34 Å². The Morgan fingerprint density at radius 1 is 0.976 bits per heavy atom. The number of para-hydroxylation sites is 1. The number of rotatable bonds is 13. The van der Waals surface area contributed by atoms with Crippen LogP contribution in [0.1, 0.15) is 16.7 Å². The zero-order chi connectivity index (χ0) is 29.1. The Bertz CT molecular complexity index is 1650. The quantitative estimate of drug-likeness (QED) is 0.0494. The smallest absolute Gasteiger partial charge is 0.264 e. The van der Waals surface area contributed by atoms with E-state index in [2.05, 4.69) is 36.2 Å². The number of carbonyl (C=O) groups excluding carboxylic acids is 1. The molecule has 0 aliphatic heterocycles. The van der Waals surface area contributed by atoms with Gasteiger partial charge in [0.05, 0.1) is 12.0 Å². The number of aromatic nitrogens is 5. The number of anilines is 2. The summed E-state index contributed by atoms with van der Waals surface area (Å²) in [5.41, 5.74) is 5.73. The number of carbonyl (C=O) groups is 1. The van der Waals surface area contributed by atoms with E-state index >= 15 is 0 Å².